The molecule has 0 heterocycles. The Hall–Kier alpha value is -2.57. The predicted octanol–water partition coefficient (Wildman–Crippen LogP) is -1.79. The molecule has 0 fully saturated rings. The van der Waals surface area contributed by atoms with Crippen molar-refractivity contribution in [3.05, 3.63) is 0 Å². The number of rotatable bonds is 17. The largest absolute Gasteiger partial charge is 0.394 e. The molecule has 0 aliphatic carbocycles. The monoisotopic (exact) mass is 499 g/mol. The molecular formula is C23H43N6O6. The first-order valence-corrected chi connectivity index (χ1v) is 12.1. The van der Waals surface area contributed by atoms with Gasteiger partial charge in [0.05, 0.1) is 12.6 Å². The molecule has 201 valence electrons. The van der Waals surface area contributed by atoms with E-state index in [9.17, 15) is 24.0 Å². The summed E-state index contributed by atoms with van der Waals surface area (Å²) in [6.07, 6.45) is 3.64. The van der Waals surface area contributed by atoms with Gasteiger partial charge in [0.1, 0.15) is 24.2 Å². The van der Waals surface area contributed by atoms with Crippen molar-refractivity contribution in [2.45, 2.75) is 90.5 Å². The van der Waals surface area contributed by atoms with Crippen LogP contribution < -0.4 is 32.7 Å². The van der Waals surface area contributed by atoms with E-state index in [0.717, 1.165) is 0 Å². The first kappa shape index (κ1) is 32.4. The third-order valence-corrected chi connectivity index (χ3v) is 5.69. The Labute approximate surface area is 207 Å². The van der Waals surface area contributed by atoms with Gasteiger partial charge in [0.25, 0.3) is 0 Å². The van der Waals surface area contributed by atoms with E-state index < -0.39 is 60.4 Å². The summed E-state index contributed by atoms with van der Waals surface area (Å²) in [6.45, 7) is 8.38. The highest BCUT2D eigenvalue weighted by Crippen LogP contribution is 2.11. The second kappa shape index (κ2) is 17.0. The van der Waals surface area contributed by atoms with Crippen LogP contribution in [0, 0.1) is 11.8 Å². The molecule has 1 radical (unpaired) electrons. The summed E-state index contributed by atoms with van der Waals surface area (Å²) < 4.78 is 0. The van der Waals surface area contributed by atoms with Crippen LogP contribution in [0.15, 0.2) is 0 Å². The van der Waals surface area contributed by atoms with Crippen molar-refractivity contribution in [3.63, 3.8) is 0 Å². The van der Waals surface area contributed by atoms with Crippen LogP contribution in [0.25, 0.3) is 0 Å². The lowest BCUT2D eigenvalue weighted by Crippen LogP contribution is -2.60. The normalized spacial score (nSPS) is 16.3. The molecule has 0 saturated heterocycles. The molecule has 9 N–H and O–H groups in total. The molecule has 0 aromatic carbocycles. The predicted molar refractivity (Wildman–Crippen MR) is 131 cm³/mol. The molecule has 0 aromatic rings. The molecule has 0 saturated carbocycles. The number of amides is 4. The van der Waals surface area contributed by atoms with Crippen LogP contribution in [0.2, 0.25) is 0 Å². The first-order valence-electron chi connectivity index (χ1n) is 12.1. The van der Waals surface area contributed by atoms with Crippen LogP contribution in [0.4, 0.5) is 0 Å². The maximum atomic E-state index is 13.1. The third-order valence-electron chi connectivity index (χ3n) is 5.69. The quantitative estimate of drug-likeness (QED) is 0.113. The van der Waals surface area contributed by atoms with Crippen molar-refractivity contribution in [1.82, 2.24) is 21.3 Å². The molecule has 35 heavy (non-hydrogen) atoms. The molecule has 0 unspecified atom stereocenters. The van der Waals surface area contributed by atoms with Crippen LogP contribution in [0.5, 0.6) is 0 Å². The zero-order valence-corrected chi connectivity index (χ0v) is 21.4. The highest BCUT2D eigenvalue weighted by Gasteiger charge is 2.33. The van der Waals surface area contributed by atoms with E-state index in [0.29, 0.717) is 25.8 Å². The van der Waals surface area contributed by atoms with Crippen molar-refractivity contribution in [3.8, 4) is 0 Å². The maximum Gasteiger partial charge on any atom is 0.243 e. The molecule has 0 aliphatic heterocycles. The zero-order valence-electron chi connectivity index (χ0n) is 21.4. The number of aliphatic hydroxyl groups excluding tert-OH is 1. The van der Waals surface area contributed by atoms with E-state index >= 15 is 0 Å². The SMILES string of the molecule is CC[C@H](C)[C@H](NC(=O)[C@@H](N)CO)C(=O)N[C@@H](CCCCN)C(=O)N[C@H](C(=O)N[C@@H](C)[C]=O)C(C)C. The maximum absolute atomic E-state index is 13.1. The highest BCUT2D eigenvalue weighted by atomic mass is 16.3. The van der Waals surface area contributed by atoms with Crippen LogP contribution in [-0.2, 0) is 24.0 Å². The summed E-state index contributed by atoms with van der Waals surface area (Å²) in [5.74, 6) is -2.97. The summed E-state index contributed by atoms with van der Waals surface area (Å²) in [6, 6.07) is -4.95. The number of hydrogen-bond donors (Lipinski definition) is 7. The Morgan fingerprint density at radius 1 is 0.857 bits per heavy atom. The lowest BCUT2D eigenvalue weighted by molar-refractivity contribution is -0.135. The second-order valence-electron chi connectivity index (χ2n) is 9.08. The molecule has 4 amide bonds. The van der Waals surface area contributed by atoms with Gasteiger partial charge >= 0.3 is 0 Å². The Balaban J connectivity index is 5.67. The molecule has 0 aliphatic rings. The van der Waals surface area contributed by atoms with Crippen molar-refractivity contribution in [1.29, 1.82) is 0 Å². The smallest absolute Gasteiger partial charge is 0.243 e. The topological polar surface area (TPSA) is 206 Å². The Morgan fingerprint density at radius 3 is 1.91 bits per heavy atom. The molecule has 0 rings (SSSR count). The average Bonchev–Trinajstić information content (AvgIpc) is 2.83. The van der Waals surface area contributed by atoms with E-state index in [1.54, 1.807) is 27.1 Å². The minimum absolute atomic E-state index is 0.261. The van der Waals surface area contributed by atoms with Crippen LogP contribution >= 0.6 is 0 Å². The van der Waals surface area contributed by atoms with Gasteiger partial charge in [0.15, 0.2) is 0 Å². The fraction of sp³-hybridized carbons (Fsp3) is 0.783. The molecule has 0 spiro atoms. The average molecular weight is 500 g/mol. The molecule has 0 aromatic heterocycles. The Bertz CT molecular complexity index is 704. The van der Waals surface area contributed by atoms with Crippen LogP contribution in [0.3, 0.4) is 0 Å². The van der Waals surface area contributed by atoms with Gasteiger partial charge in [0, 0.05) is 0 Å². The highest BCUT2D eigenvalue weighted by molar-refractivity contribution is 5.95. The minimum atomic E-state index is -1.19. The number of nitrogens with two attached hydrogens (primary N) is 2. The van der Waals surface area contributed by atoms with Crippen LogP contribution in [0.1, 0.15) is 60.3 Å². The summed E-state index contributed by atoms with van der Waals surface area (Å²) in [5.41, 5.74) is 11.1. The van der Waals surface area contributed by atoms with Gasteiger partial charge in [-0.15, -0.1) is 0 Å². The van der Waals surface area contributed by atoms with Crippen molar-refractivity contribution in [2.24, 2.45) is 23.3 Å². The summed E-state index contributed by atoms with van der Waals surface area (Å²) >= 11 is 0. The van der Waals surface area contributed by atoms with Crippen molar-refractivity contribution >= 4 is 29.9 Å². The van der Waals surface area contributed by atoms with Crippen LogP contribution in [-0.4, -0.2) is 78.4 Å². The van der Waals surface area contributed by atoms with Crippen molar-refractivity contribution in [2.75, 3.05) is 13.2 Å². The number of aliphatic hydroxyl groups is 1. The van der Waals surface area contributed by atoms with Gasteiger partial charge in [-0.2, -0.15) is 0 Å². The number of hydrogen-bond acceptors (Lipinski definition) is 8. The lowest BCUT2D eigenvalue weighted by atomic mass is 9.96. The number of carbonyl (C=O) groups excluding carboxylic acids is 5. The molecule has 6 atom stereocenters. The van der Waals surface area contributed by atoms with E-state index in [2.05, 4.69) is 21.3 Å². The number of carbonyl (C=O) groups is 4. The summed E-state index contributed by atoms with van der Waals surface area (Å²) in [5, 5.41) is 19.5. The lowest BCUT2D eigenvalue weighted by Gasteiger charge is -2.29. The van der Waals surface area contributed by atoms with Gasteiger partial charge in [-0.05, 0) is 44.6 Å². The summed E-state index contributed by atoms with van der Waals surface area (Å²) in [7, 11) is 0. The number of nitrogens with one attached hydrogen (secondary N) is 4. The van der Waals surface area contributed by atoms with E-state index in [4.69, 9.17) is 16.6 Å². The van der Waals surface area contributed by atoms with Gasteiger partial charge in [0.2, 0.25) is 29.9 Å². The zero-order chi connectivity index (χ0) is 27.1. The first-order chi connectivity index (χ1) is 16.4. The van der Waals surface area contributed by atoms with Gasteiger partial charge in [-0.25, -0.2) is 0 Å². The Morgan fingerprint density at radius 2 is 1.43 bits per heavy atom. The van der Waals surface area contributed by atoms with Gasteiger partial charge in [-0.1, -0.05) is 34.1 Å². The van der Waals surface area contributed by atoms with Gasteiger partial charge in [-0.3, -0.25) is 24.0 Å². The van der Waals surface area contributed by atoms with E-state index in [-0.39, 0.29) is 18.3 Å². The second-order valence-corrected chi connectivity index (χ2v) is 9.08. The Kier molecular flexibility index (Phi) is 15.7. The molecule has 12 heteroatoms. The minimum Gasteiger partial charge on any atom is -0.394 e. The molecule has 12 nitrogen and oxygen atoms in total. The van der Waals surface area contributed by atoms with Gasteiger partial charge < -0.3 is 37.8 Å². The van der Waals surface area contributed by atoms with E-state index in [1.165, 1.54) is 6.92 Å². The molecular weight excluding hydrogens is 456 g/mol. The fourth-order valence-electron chi connectivity index (χ4n) is 3.19. The third kappa shape index (κ3) is 11.6. The van der Waals surface area contributed by atoms with E-state index in [1.807, 2.05) is 6.92 Å². The molecule has 0 bridgehead atoms. The number of unbranched alkanes of at least 4 members (excludes halogenated alkanes) is 1. The standard InChI is InChI=1S/C23H43N6O6/c1-6-14(4)19(29-20(32)16(25)12-31)23(35)27-17(9-7-8-10-24)21(33)28-18(13(2)3)22(34)26-15(5)11-30/h13-19,31H,6-10,12,24-25H2,1-5H3,(H,26,34)(H,27,35)(H,28,33)(H,29,32)/t14-,15-,16-,17-,18-,19-/m0/s1. The van der Waals surface area contributed by atoms with Crippen molar-refractivity contribution < 1.29 is 29.1 Å². The fourth-order valence-corrected chi connectivity index (χ4v) is 3.19. The summed E-state index contributed by atoms with van der Waals surface area (Å²) in [4.78, 5) is 61.8.